The van der Waals surface area contributed by atoms with Crippen LogP contribution in [0.1, 0.15) is 34.7 Å². The van der Waals surface area contributed by atoms with Crippen molar-refractivity contribution < 1.29 is 4.74 Å². The van der Waals surface area contributed by atoms with Crippen molar-refractivity contribution in [2.45, 2.75) is 39.0 Å². The maximum Gasteiger partial charge on any atom is 0.123 e. The van der Waals surface area contributed by atoms with Crippen LogP contribution in [0.5, 0.6) is 5.75 Å². The van der Waals surface area contributed by atoms with E-state index < -0.39 is 0 Å². The van der Waals surface area contributed by atoms with Crippen LogP contribution in [0.4, 0.5) is 0 Å². The van der Waals surface area contributed by atoms with Gasteiger partial charge in [0.1, 0.15) is 12.4 Å². The Balaban J connectivity index is 1.53. The van der Waals surface area contributed by atoms with Gasteiger partial charge in [0.15, 0.2) is 0 Å². The highest BCUT2D eigenvalue weighted by molar-refractivity contribution is 5.42. The van der Waals surface area contributed by atoms with Crippen molar-refractivity contribution in [2.24, 2.45) is 0 Å². The predicted octanol–water partition coefficient (Wildman–Crippen LogP) is 4.89. The van der Waals surface area contributed by atoms with Gasteiger partial charge in [-0.05, 0) is 48.1 Å². The molecule has 0 amide bonds. The van der Waals surface area contributed by atoms with Crippen LogP contribution in [-0.4, -0.2) is 6.04 Å². The Morgan fingerprint density at radius 1 is 0.885 bits per heavy atom. The molecule has 1 atom stereocenters. The van der Waals surface area contributed by atoms with Crippen molar-refractivity contribution in [3.63, 3.8) is 0 Å². The summed E-state index contributed by atoms with van der Waals surface area (Å²) in [5.41, 5.74) is 6.64. The summed E-state index contributed by atoms with van der Waals surface area (Å²) < 4.78 is 6.29. The fourth-order valence-corrected chi connectivity index (χ4v) is 3.65. The molecule has 0 radical (unpaired) electrons. The van der Waals surface area contributed by atoms with Crippen LogP contribution in [0, 0.1) is 0 Å². The second-order valence-corrected chi connectivity index (χ2v) is 7.10. The molecule has 1 heterocycles. The van der Waals surface area contributed by atoms with Crippen LogP contribution in [0.25, 0.3) is 0 Å². The van der Waals surface area contributed by atoms with Crippen molar-refractivity contribution in [3.8, 4) is 5.75 Å². The topological polar surface area (TPSA) is 21.3 Å². The van der Waals surface area contributed by atoms with Crippen LogP contribution in [0.2, 0.25) is 0 Å². The van der Waals surface area contributed by atoms with Gasteiger partial charge in [0.25, 0.3) is 0 Å². The van der Waals surface area contributed by atoms with Gasteiger partial charge in [-0.15, -0.1) is 0 Å². The second kappa shape index (κ2) is 7.76. The minimum absolute atomic E-state index is 0.498. The van der Waals surface area contributed by atoms with Crippen LogP contribution in [0.15, 0.2) is 72.8 Å². The van der Waals surface area contributed by atoms with Gasteiger partial charge in [0.05, 0.1) is 0 Å². The van der Waals surface area contributed by atoms with Crippen molar-refractivity contribution in [3.05, 3.63) is 101 Å². The zero-order chi connectivity index (χ0) is 17.8. The minimum atomic E-state index is 0.498. The third kappa shape index (κ3) is 3.81. The van der Waals surface area contributed by atoms with Gasteiger partial charge < -0.3 is 10.1 Å². The van der Waals surface area contributed by atoms with E-state index >= 15 is 0 Å². The summed E-state index contributed by atoms with van der Waals surface area (Å²) in [6, 6.07) is 26.1. The standard InChI is InChI=1S/C24H25NO/c1-18-14-23-21(16-25-18)12-7-13-24(23)26-17-22-11-6-5-10-20(22)15-19-8-3-2-4-9-19/h2-13,18,25H,14-17H2,1H3. The quantitative estimate of drug-likeness (QED) is 0.712. The van der Waals surface area contributed by atoms with Gasteiger partial charge in [0, 0.05) is 18.2 Å². The molecular weight excluding hydrogens is 318 g/mol. The maximum atomic E-state index is 6.29. The highest BCUT2D eigenvalue weighted by Crippen LogP contribution is 2.28. The fraction of sp³-hybridized carbons (Fsp3) is 0.250. The van der Waals surface area contributed by atoms with E-state index in [0.29, 0.717) is 12.6 Å². The van der Waals surface area contributed by atoms with Gasteiger partial charge in [-0.3, -0.25) is 0 Å². The summed E-state index contributed by atoms with van der Waals surface area (Å²) in [7, 11) is 0. The first-order valence-corrected chi connectivity index (χ1v) is 9.37. The van der Waals surface area contributed by atoms with Gasteiger partial charge >= 0.3 is 0 Å². The zero-order valence-electron chi connectivity index (χ0n) is 15.2. The molecule has 1 aliphatic heterocycles. The number of hydrogen-bond donors (Lipinski definition) is 1. The lowest BCUT2D eigenvalue weighted by atomic mass is 9.95. The molecule has 2 nitrogen and oxygen atoms in total. The smallest absolute Gasteiger partial charge is 0.123 e. The lowest BCUT2D eigenvalue weighted by Gasteiger charge is -2.25. The van der Waals surface area contributed by atoms with Gasteiger partial charge in [-0.25, -0.2) is 0 Å². The average molecular weight is 343 g/mol. The number of fused-ring (bicyclic) bond motifs is 1. The Labute approximate surface area is 155 Å². The molecule has 1 unspecified atom stereocenters. The number of nitrogens with one attached hydrogen (secondary N) is 1. The van der Waals surface area contributed by atoms with Crippen LogP contribution in [0.3, 0.4) is 0 Å². The number of ether oxygens (including phenoxy) is 1. The summed E-state index contributed by atoms with van der Waals surface area (Å²) in [6.45, 7) is 3.77. The Kier molecular flexibility index (Phi) is 5.03. The lowest BCUT2D eigenvalue weighted by Crippen LogP contribution is -2.33. The predicted molar refractivity (Wildman–Crippen MR) is 106 cm³/mol. The molecule has 0 fully saturated rings. The van der Waals surface area contributed by atoms with Gasteiger partial charge in [-0.2, -0.15) is 0 Å². The molecule has 0 saturated heterocycles. The summed E-state index contributed by atoms with van der Waals surface area (Å²) in [5, 5.41) is 3.52. The molecule has 3 aromatic carbocycles. The molecule has 0 bridgehead atoms. The van der Waals surface area contributed by atoms with Crippen molar-refractivity contribution in [1.29, 1.82) is 0 Å². The highest BCUT2D eigenvalue weighted by Gasteiger charge is 2.18. The Morgan fingerprint density at radius 3 is 2.50 bits per heavy atom. The second-order valence-electron chi connectivity index (χ2n) is 7.10. The summed E-state index contributed by atoms with van der Waals surface area (Å²) in [4.78, 5) is 0. The summed E-state index contributed by atoms with van der Waals surface area (Å²) >= 11 is 0. The highest BCUT2D eigenvalue weighted by atomic mass is 16.5. The van der Waals surface area contributed by atoms with E-state index in [1.165, 1.54) is 27.8 Å². The number of benzene rings is 3. The summed E-state index contributed by atoms with van der Waals surface area (Å²) in [5.74, 6) is 1.03. The molecule has 0 aromatic heterocycles. The molecule has 0 aliphatic carbocycles. The normalized spacial score (nSPS) is 16.1. The van der Waals surface area contributed by atoms with Crippen molar-refractivity contribution in [2.75, 3.05) is 0 Å². The first-order valence-electron chi connectivity index (χ1n) is 9.37. The van der Waals surface area contributed by atoms with E-state index in [1.807, 2.05) is 0 Å². The average Bonchev–Trinajstić information content (AvgIpc) is 2.68. The van der Waals surface area contributed by atoms with Crippen molar-refractivity contribution >= 4 is 0 Å². The van der Waals surface area contributed by atoms with E-state index in [0.717, 1.165) is 25.1 Å². The fourth-order valence-electron chi connectivity index (χ4n) is 3.65. The molecule has 132 valence electrons. The third-order valence-corrected chi connectivity index (χ3v) is 5.12. The molecule has 0 saturated carbocycles. The van der Waals surface area contributed by atoms with E-state index in [2.05, 4.69) is 85.0 Å². The lowest BCUT2D eigenvalue weighted by molar-refractivity contribution is 0.298. The third-order valence-electron chi connectivity index (χ3n) is 5.12. The maximum absolute atomic E-state index is 6.29. The minimum Gasteiger partial charge on any atom is -0.489 e. The van der Waals surface area contributed by atoms with Crippen molar-refractivity contribution in [1.82, 2.24) is 5.32 Å². The number of hydrogen-bond acceptors (Lipinski definition) is 2. The van der Waals surface area contributed by atoms with E-state index in [4.69, 9.17) is 4.74 Å². The molecule has 26 heavy (non-hydrogen) atoms. The van der Waals surface area contributed by atoms with E-state index in [1.54, 1.807) is 0 Å². The van der Waals surface area contributed by atoms with E-state index in [9.17, 15) is 0 Å². The number of rotatable bonds is 5. The SMILES string of the molecule is CC1Cc2c(cccc2OCc2ccccc2Cc2ccccc2)CN1. The molecule has 0 spiro atoms. The van der Waals surface area contributed by atoms with Crippen LogP contribution < -0.4 is 10.1 Å². The monoisotopic (exact) mass is 343 g/mol. The first-order chi connectivity index (χ1) is 12.8. The van der Waals surface area contributed by atoms with Gasteiger partial charge in [0.2, 0.25) is 0 Å². The molecule has 1 aliphatic rings. The van der Waals surface area contributed by atoms with Crippen LogP contribution >= 0.6 is 0 Å². The zero-order valence-corrected chi connectivity index (χ0v) is 15.2. The Morgan fingerprint density at radius 2 is 1.65 bits per heavy atom. The van der Waals surface area contributed by atoms with Gasteiger partial charge in [-0.1, -0.05) is 66.7 Å². The molecule has 1 N–H and O–H groups in total. The molecule has 3 aromatic rings. The molecule has 2 heteroatoms. The largest absolute Gasteiger partial charge is 0.489 e. The van der Waals surface area contributed by atoms with E-state index in [-0.39, 0.29) is 0 Å². The molecule has 4 rings (SSSR count). The first kappa shape index (κ1) is 16.9. The van der Waals surface area contributed by atoms with Crippen LogP contribution in [-0.2, 0) is 26.0 Å². The Bertz CT molecular complexity index is 872. The Hall–Kier alpha value is -2.58. The summed E-state index contributed by atoms with van der Waals surface area (Å²) in [6.07, 6.45) is 1.96. The molecular formula is C24H25NO.